The predicted molar refractivity (Wildman–Crippen MR) is 42.9 cm³/mol. The van der Waals surface area contributed by atoms with Gasteiger partial charge in [-0.2, -0.15) is 0 Å². The minimum Gasteiger partial charge on any atom is -0.344 e. The maximum Gasteiger partial charge on any atom is 0.162 e. The molecule has 3 bridgehead atoms. The van der Waals surface area contributed by atoms with E-state index in [-0.39, 0.29) is 20.5 Å². The van der Waals surface area contributed by atoms with Crippen molar-refractivity contribution in [3.05, 3.63) is 0 Å². The Balaban J connectivity index is 1.86. The smallest absolute Gasteiger partial charge is 0.162 e. The standard InChI is InChI=1S/C8H11O3P/c1-12-6-8-2-4(10-6)9-5(3-8)11-7(8)12/h4-7H,2-3H2,1H3. The summed E-state index contributed by atoms with van der Waals surface area (Å²) in [6, 6.07) is 0. The SMILES string of the molecule is CP1C2OC3CC24CC(O3)OC14. The Labute approximate surface area is 72.1 Å². The van der Waals surface area contributed by atoms with Gasteiger partial charge in [-0.1, -0.05) is 0 Å². The quantitative estimate of drug-likeness (QED) is 0.533. The Bertz CT molecular complexity index is 233. The number of ether oxygens (including phenoxy) is 3. The van der Waals surface area contributed by atoms with Gasteiger partial charge in [0.25, 0.3) is 0 Å². The first-order valence-corrected chi connectivity index (χ1v) is 6.41. The zero-order valence-corrected chi connectivity index (χ0v) is 7.79. The molecule has 4 aliphatic heterocycles. The van der Waals surface area contributed by atoms with Crippen LogP contribution in [0.2, 0.25) is 0 Å². The zero-order chi connectivity index (χ0) is 7.92. The van der Waals surface area contributed by atoms with E-state index in [0.29, 0.717) is 17.1 Å². The average Bonchev–Trinajstić information content (AvgIpc) is 2.44. The van der Waals surface area contributed by atoms with Gasteiger partial charge in [0, 0.05) is 18.3 Å². The highest BCUT2D eigenvalue weighted by Gasteiger charge is 2.73. The summed E-state index contributed by atoms with van der Waals surface area (Å²) >= 11 is 0. The van der Waals surface area contributed by atoms with Crippen molar-refractivity contribution in [3.8, 4) is 0 Å². The maximum absolute atomic E-state index is 5.81. The minimum atomic E-state index is -0.0284. The van der Waals surface area contributed by atoms with Crippen molar-refractivity contribution < 1.29 is 14.2 Å². The van der Waals surface area contributed by atoms with E-state index in [2.05, 4.69) is 6.66 Å². The van der Waals surface area contributed by atoms with E-state index in [9.17, 15) is 0 Å². The van der Waals surface area contributed by atoms with E-state index in [4.69, 9.17) is 14.2 Å². The van der Waals surface area contributed by atoms with E-state index >= 15 is 0 Å². The number of hydrogen-bond acceptors (Lipinski definition) is 3. The fourth-order valence-corrected chi connectivity index (χ4v) is 6.23. The van der Waals surface area contributed by atoms with Gasteiger partial charge in [0.1, 0.15) is 0 Å². The van der Waals surface area contributed by atoms with Gasteiger partial charge in [-0.3, -0.25) is 0 Å². The van der Waals surface area contributed by atoms with E-state index in [1.54, 1.807) is 0 Å². The lowest BCUT2D eigenvalue weighted by Gasteiger charge is -2.50. The summed E-state index contributed by atoms with van der Waals surface area (Å²) in [5.74, 6) is 0.991. The Morgan fingerprint density at radius 3 is 2.25 bits per heavy atom. The lowest BCUT2D eigenvalue weighted by atomic mass is 9.83. The Hall–Kier alpha value is 0.310. The van der Waals surface area contributed by atoms with Crippen LogP contribution in [-0.4, -0.2) is 30.9 Å². The third-order valence-corrected chi connectivity index (χ3v) is 6.43. The van der Waals surface area contributed by atoms with Crippen molar-refractivity contribution in [2.75, 3.05) is 6.66 Å². The van der Waals surface area contributed by atoms with Crippen LogP contribution in [-0.2, 0) is 14.2 Å². The summed E-state index contributed by atoms with van der Waals surface area (Å²) < 4.78 is 17.2. The van der Waals surface area contributed by atoms with E-state index in [1.807, 2.05) is 0 Å². The molecule has 4 unspecified atom stereocenters. The Morgan fingerprint density at radius 2 is 1.67 bits per heavy atom. The van der Waals surface area contributed by atoms with E-state index in [1.165, 1.54) is 0 Å². The third kappa shape index (κ3) is 0.499. The Kier molecular flexibility index (Phi) is 0.972. The van der Waals surface area contributed by atoms with Gasteiger partial charge < -0.3 is 14.2 Å². The van der Waals surface area contributed by atoms with Gasteiger partial charge in [0.05, 0.1) is 11.7 Å². The second-order valence-electron chi connectivity index (χ2n) is 4.28. The zero-order valence-electron chi connectivity index (χ0n) is 6.90. The number of fused-ring (bicyclic) bond motifs is 2. The molecular weight excluding hydrogens is 175 g/mol. The molecule has 0 aromatic rings. The van der Waals surface area contributed by atoms with Gasteiger partial charge in [-0.15, -0.1) is 0 Å². The molecule has 66 valence electrons. The molecule has 4 saturated heterocycles. The molecule has 3 nitrogen and oxygen atoms in total. The molecule has 4 fully saturated rings. The van der Waals surface area contributed by atoms with Crippen molar-refractivity contribution in [1.82, 2.24) is 0 Å². The fraction of sp³-hybridized carbons (Fsp3) is 1.00. The molecule has 0 saturated carbocycles. The molecule has 12 heavy (non-hydrogen) atoms. The summed E-state index contributed by atoms with van der Waals surface area (Å²) in [4.78, 5) is 0. The first-order chi connectivity index (χ1) is 5.79. The highest BCUT2D eigenvalue weighted by Crippen LogP contribution is 2.78. The lowest BCUT2D eigenvalue weighted by molar-refractivity contribution is -0.227. The first-order valence-electron chi connectivity index (χ1n) is 4.48. The van der Waals surface area contributed by atoms with E-state index < -0.39 is 0 Å². The summed E-state index contributed by atoms with van der Waals surface area (Å²) in [5, 5.41) is 0. The van der Waals surface area contributed by atoms with Crippen molar-refractivity contribution in [2.45, 2.75) is 37.1 Å². The molecule has 0 N–H and O–H groups in total. The summed E-state index contributed by atoms with van der Waals surface area (Å²) in [6.45, 7) is 2.29. The number of hydrogen-bond donors (Lipinski definition) is 0. The normalized spacial score (nSPS) is 71.2. The molecule has 4 heteroatoms. The molecule has 0 amide bonds. The highest BCUT2D eigenvalue weighted by molar-refractivity contribution is 7.60. The molecule has 4 aliphatic rings. The van der Waals surface area contributed by atoms with Crippen molar-refractivity contribution in [1.29, 1.82) is 0 Å². The fourth-order valence-electron chi connectivity index (χ4n) is 3.26. The van der Waals surface area contributed by atoms with Crippen LogP contribution in [0.3, 0.4) is 0 Å². The van der Waals surface area contributed by atoms with E-state index in [0.717, 1.165) is 12.8 Å². The van der Waals surface area contributed by atoms with Gasteiger partial charge in [0.15, 0.2) is 12.6 Å². The third-order valence-electron chi connectivity index (χ3n) is 3.68. The topological polar surface area (TPSA) is 27.7 Å². The van der Waals surface area contributed by atoms with Gasteiger partial charge in [0.2, 0.25) is 0 Å². The predicted octanol–water partition coefficient (Wildman–Crippen LogP) is 1.27. The second kappa shape index (κ2) is 1.74. The Morgan fingerprint density at radius 1 is 1.08 bits per heavy atom. The van der Waals surface area contributed by atoms with Crippen molar-refractivity contribution in [3.63, 3.8) is 0 Å². The summed E-state index contributed by atoms with van der Waals surface area (Å²) in [7, 11) is -0.0284. The molecule has 0 aromatic heterocycles. The molecule has 0 radical (unpaired) electrons. The summed E-state index contributed by atoms with van der Waals surface area (Å²) in [5.41, 5.74) is 0.397. The van der Waals surface area contributed by atoms with Crippen LogP contribution in [0.4, 0.5) is 0 Å². The lowest BCUT2D eigenvalue weighted by Crippen LogP contribution is -2.48. The highest BCUT2D eigenvalue weighted by atomic mass is 31.1. The van der Waals surface area contributed by atoms with Crippen molar-refractivity contribution >= 4 is 7.92 Å². The number of rotatable bonds is 0. The molecular formula is C8H11O3P. The molecule has 4 rings (SSSR count). The molecule has 0 aliphatic carbocycles. The monoisotopic (exact) mass is 186 g/mol. The molecule has 4 heterocycles. The van der Waals surface area contributed by atoms with Crippen LogP contribution in [0.5, 0.6) is 0 Å². The molecule has 1 spiro atoms. The van der Waals surface area contributed by atoms with Gasteiger partial charge in [-0.05, 0) is 14.6 Å². The van der Waals surface area contributed by atoms with Crippen LogP contribution in [0.1, 0.15) is 12.8 Å². The van der Waals surface area contributed by atoms with Crippen LogP contribution in [0.15, 0.2) is 0 Å². The maximum atomic E-state index is 5.81. The summed E-state index contributed by atoms with van der Waals surface area (Å²) in [6.07, 6.45) is 2.30. The van der Waals surface area contributed by atoms with Crippen LogP contribution in [0, 0.1) is 5.41 Å². The second-order valence-corrected chi connectivity index (χ2v) is 6.55. The van der Waals surface area contributed by atoms with Crippen molar-refractivity contribution in [2.24, 2.45) is 5.41 Å². The van der Waals surface area contributed by atoms with Crippen LogP contribution >= 0.6 is 7.92 Å². The van der Waals surface area contributed by atoms with Gasteiger partial charge in [-0.25, -0.2) is 0 Å². The van der Waals surface area contributed by atoms with Crippen LogP contribution in [0.25, 0.3) is 0 Å². The minimum absolute atomic E-state index is 0.0284. The molecule has 0 aromatic carbocycles. The average molecular weight is 186 g/mol. The van der Waals surface area contributed by atoms with Gasteiger partial charge >= 0.3 is 0 Å². The van der Waals surface area contributed by atoms with Crippen LogP contribution < -0.4 is 0 Å². The first kappa shape index (κ1) is 6.72. The molecule has 4 atom stereocenters. The largest absolute Gasteiger partial charge is 0.344 e.